The highest BCUT2D eigenvalue weighted by Gasteiger charge is 2.14. The van der Waals surface area contributed by atoms with Gasteiger partial charge in [0.15, 0.2) is 0 Å². The molecule has 0 aromatic carbocycles. The molecule has 1 heterocycles. The van der Waals surface area contributed by atoms with Crippen LogP contribution in [0.2, 0.25) is 0 Å². The van der Waals surface area contributed by atoms with Gasteiger partial charge in [0.25, 0.3) is 0 Å². The van der Waals surface area contributed by atoms with Crippen molar-refractivity contribution >= 4 is 11.3 Å². The van der Waals surface area contributed by atoms with Gasteiger partial charge in [0, 0.05) is 10.9 Å². The zero-order valence-corrected chi connectivity index (χ0v) is 12.1. The van der Waals surface area contributed by atoms with Crippen molar-refractivity contribution in [1.82, 2.24) is 5.32 Å². The maximum atomic E-state index is 3.87. The topological polar surface area (TPSA) is 12.0 Å². The average Bonchev–Trinajstić information content (AvgIpc) is 2.93. The second-order valence-corrected chi connectivity index (χ2v) is 6.32. The van der Waals surface area contributed by atoms with Gasteiger partial charge in [-0.15, -0.1) is 17.9 Å². The molecule has 1 aliphatic rings. The Bertz CT molecular complexity index is 325. The number of hydrogen-bond donors (Lipinski definition) is 1. The molecule has 1 aromatic heterocycles. The van der Waals surface area contributed by atoms with Crippen LogP contribution in [-0.2, 0) is 0 Å². The predicted octanol–water partition coefficient (Wildman–Crippen LogP) is 4.93. The van der Waals surface area contributed by atoms with Gasteiger partial charge in [-0.25, -0.2) is 0 Å². The summed E-state index contributed by atoms with van der Waals surface area (Å²) in [6.07, 6.45) is 11.7. The van der Waals surface area contributed by atoms with Gasteiger partial charge in [-0.2, -0.15) is 0 Å². The second kappa shape index (κ2) is 7.75. The molecule has 1 fully saturated rings. The van der Waals surface area contributed by atoms with Crippen LogP contribution in [0.3, 0.4) is 0 Å². The molecule has 1 aliphatic carbocycles. The summed E-state index contributed by atoms with van der Waals surface area (Å²) in [4.78, 5) is 1.44. The molecule has 0 amide bonds. The smallest absolute Gasteiger partial charge is 0.0449 e. The molecule has 1 nitrogen and oxygen atoms in total. The molecule has 18 heavy (non-hydrogen) atoms. The van der Waals surface area contributed by atoms with Gasteiger partial charge in [-0.05, 0) is 36.8 Å². The van der Waals surface area contributed by atoms with Gasteiger partial charge in [0.05, 0.1) is 0 Å². The van der Waals surface area contributed by atoms with Crippen molar-refractivity contribution in [1.29, 1.82) is 0 Å². The van der Waals surface area contributed by atoms with E-state index in [1.54, 1.807) is 0 Å². The Balaban J connectivity index is 1.73. The van der Waals surface area contributed by atoms with Crippen LogP contribution in [0, 0.1) is 5.92 Å². The standard InChI is InChI=1S/C16H25NS/c1-2-7-15(16-10-6-13-18-16)17-12-11-14-8-4-3-5-9-14/h2,6,10,13-15,17H,1,3-5,7-9,11-12H2. The first-order valence-electron chi connectivity index (χ1n) is 7.28. The van der Waals surface area contributed by atoms with E-state index in [0.29, 0.717) is 6.04 Å². The lowest BCUT2D eigenvalue weighted by Crippen LogP contribution is -2.23. The number of hydrogen-bond acceptors (Lipinski definition) is 2. The summed E-state index contributed by atoms with van der Waals surface area (Å²) in [5, 5.41) is 5.87. The molecule has 0 radical (unpaired) electrons. The molecule has 0 bridgehead atoms. The molecule has 100 valence electrons. The van der Waals surface area contributed by atoms with Crippen LogP contribution >= 0.6 is 11.3 Å². The summed E-state index contributed by atoms with van der Waals surface area (Å²) in [6.45, 7) is 5.03. The summed E-state index contributed by atoms with van der Waals surface area (Å²) in [7, 11) is 0. The van der Waals surface area contributed by atoms with Gasteiger partial charge in [0.1, 0.15) is 0 Å². The van der Waals surface area contributed by atoms with E-state index >= 15 is 0 Å². The van der Waals surface area contributed by atoms with E-state index in [4.69, 9.17) is 0 Å². The van der Waals surface area contributed by atoms with Gasteiger partial charge in [0.2, 0.25) is 0 Å². The first kappa shape index (κ1) is 13.8. The third-order valence-electron chi connectivity index (χ3n) is 3.96. The Morgan fingerprint density at radius 3 is 2.89 bits per heavy atom. The summed E-state index contributed by atoms with van der Waals surface area (Å²) in [6, 6.07) is 4.84. The van der Waals surface area contributed by atoms with Crippen LogP contribution in [-0.4, -0.2) is 6.54 Å². The highest BCUT2D eigenvalue weighted by Crippen LogP contribution is 2.27. The number of thiophene rings is 1. The van der Waals surface area contributed by atoms with E-state index in [1.807, 2.05) is 17.4 Å². The van der Waals surface area contributed by atoms with Crippen LogP contribution in [0.5, 0.6) is 0 Å². The molecule has 1 N–H and O–H groups in total. The Morgan fingerprint density at radius 2 is 2.22 bits per heavy atom. The fourth-order valence-electron chi connectivity index (χ4n) is 2.89. The highest BCUT2D eigenvalue weighted by atomic mass is 32.1. The molecule has 2 heteroatoms. The largest absolute Gasteiger partial charge is 0.309 e. The van der Waals surface area contributed by atoms with Crippen molar-refractivity contribution in [3.05, 3.63) is 35.0 Å². The first-order valence-corrected chi connectivity index (χ1v) is 8.16. The predicted molar refractivity (Wildman–Crippen MR) is 81.1 cm³/mol. The minimum absolute atomic E-state index is 0.478. The van der Waals surface area contributed by atoms with E-state index < -0.39 is 0 Å². The molecule has 1 unspecified atom stereocenters. The van der Waals surface area contributed by atoms with Crippen molar-refractivity contribution in [2.45, 2.75) is 51.0 Å². The normalized spacial score (nSPS) is 18.7. The van der Waals surface area contributed by atoms with E-state index in [9.17, 15) is 0 Å². The molecular formula is C16H25NS. The minimum atomic E-state index is 0.478. The Kier molecular flexibility index (Phi) is 5.95. The zero-order valence-electron chi connectivity index (χ0n) is 11.2. The molecule has 0 aliphatic heterocycles. The van der Waals surface area contributed by atoms with Crippen LogP contribution < -0.4 is 5.32 Å². The first-order chi connectivity index (χ1) is 8.90. The molecule has 1 atom stereocenters. The second-order valence-electron chi connectivity index (χ2n) is 5.34. The van der Waals surface area contributed by atoms with E-state index in [0.717, 1.165) is 18.9 Å². The summed E-state index contributed by atoms with van der Waals surface area (Å²) in [5.74, 6) is 0.971. The zero-order chi connectivity index (χ0) is 12.6. The maximum absolute atomic E-state index is 3.87. The summed E-state index contributed by atoms with van der Waals surface area (Å²) < 4.78 is 0. The number of nitrogens with one attached hydrogen (secondary N) is 1. The molecular weight excluding hydrogens is 238 g/mol. The molecule has 2 rings (SSSR count). The highest BCUT2D eigenvalue weighted by molar-refractivity contribution is 7.10. The van der Waals surface area contributed by atoms with Crippen molar-refractivity contribution in [3.8, 4) is 0 Å². The van der Waals surface area contributed by atoms with Gasteiger partial charge < -0.3 is 5.32 Å². The third-order valence-corrected chi connectivity index (χ3v) is 4.94. The lowest BCUT2D eigenvalue weighted by atomic mass is 9.87. The Morgan fingerprint density at radius 1 is 1.39 bits per heavy atom. The molecule has 1 aromatic rings. The van der Waals surface area contributed by atoms with Crippen LogP contribution in [0.25, 0.3) is 0 Å². The van der Waals surface area contributed by atoms with Crippen molar-refractivity contribution in [3.63, 3.8) is 0 Å². The Hall–Kier alpha value is -0.600. The van der Waals surface area contributed by atoms with Crippen LogP contribution in [0.4, 0.5) is 0 Å². The lowest BCUT2D eigenvalue weighted by Gasteiger charge is -2.23. The number of rotatable bonds is 7. The summed E-state index contributed by atoms with van der Waals surface area (Å²) in [5.41, 5.74) is 0. The Labute approximate surface area is 115 Å². The van der Waals surface area contributed by atoms with Crippen LogP contribution in [0.15, 0.2) is 30.2 Å². The molecule has 0 saturated heterocycles. The average molecular weight is 263 g/mol. The van der Waals surface area contributed by atoms with E-state index in [2.05, 4.69) is 29.4 Å². The van der Waals surface area contributed by atoms with Gasteiger partial charge in [-0.3, -0.25) is 0 Å². The van der Waals surface area contributed by atoms with E-state index in [-0.39, 0.29) is 0 Å². The quantitative estimate of drug-likeness (QED) is 0.688. The maximum Gasteiger partial charge on any atom is 0.0449 e. The monoisotopic (exact) mass is 263 g/mol. The SMILES string of the molecule is C=CCC(NCCC1CCCCC1)c1cccs1. The lowest BCUT2D eigenvalue weighted by molar-refractivity contribution is 0.328. The fourth-order valence-corrected chi connectivity index (χ4v) is 3.71. The molecule has 1 saturated carbocycles. The third kappa shape index (κ3) is 4.25. The molecule has 0 spiro atoms. The summed E-state index contributed by atoms with van der Waals surface area (Å²) >= 11 is 1.85. The minimum Gasteiger partial charge on any atom is -0.309 e. The van der Waals surface area contributed by atoms with Crippen molar-refractivity contribution in [2.75, 3.05) is 6.54 Å². The van der Waals surface area contributed by atoms with E-state index in [1.165, 1.54) is 43.4 Å². The van der Waals surface area contributed by atoms with Crippen molar-refractivity contribution in [2.24, 2.45) is 5.92 Å². The van der Waals surface area contributed by atoms with Crippen LogP contribution in [0.1, 0.15) is 55.9 Å². The van der Waals surface area contributed by atoms with Gasteiger partial charge >= 0.3 is 0 Å². The fraction of sp³-hybridized carbons (Fsp3) is 0.625. The van der Waals surface area contributed by atoms with Gasteiger partial charge in [-0.1, -0.05) is 44.2 Å². The van der Waals surface area contributed by atoms with Crippen molar-refractivity contribution < 1.29 is 0 Å².